The van der Waals surface area contributed by atoms with Gasteiger partial charge < -0.3 is 9.47 Å². The molecule has 2 nitrogen and oxygen atoms in total. The van der Waals surface area contributed by atoms with Crippen LogP contribution in [0, 0.1) is 27.7 Å². The van der Waals surface area contributed by atoms with E-state index in [9.17, 15) is 0 Å². The van der Waals surface area contributed by atoms with E-state index < -0.39 is 0 Å². The highest BCUT2D eigenvalue weighted by molar-refractivity contribution is 5.57. The fraction of sp³-hybridized carbons (Fsp3) is 0.600. The van der Waals surface area contributed by atoms with Crippen molar-refractivity contribution in [2.75, 3.05) is 7.11 Å². The molecule has 0 spiro atoms. The van der Waals surface area contributed by atoms with Crippen LogP contribution in [-0.2, 0) is 0 Å². The summed E-state index contributed by atoms with van der Waals surface area (Å²) in [5.41, 5.74) is 4.48. The molecule has 0 aliphatic carbocycles. The SMILES string of the molecule is COc1c(C)c(C)c(OC(C)(C)C)c(C)c1C. The molecule has 0 heterocycles. The van der Waals surface area contributed by atoms with Crippen LogP contribution in [-0.4, -0.2) is 12.7 Å². The zero-order valence-corrected chi connectivity index (χ0v) is 12.3. The quantitative estimate of drug-likeness (QED) is 0.769. The molecular weight excluding hydrogens is 212 g/mol. The molecule has 0 saturated carbocycles. The predicted molar refractivity (Wildman–Crippen MR) is 72.3 cm³/mol. The molecule has 1 aromatic rings. The minimum atomic E-state index is -0.178. The van der Waals surface area contributed by atoms with Crippen molar-refractivity contribution in [1.29, 1.82) is 0 Å². The maximum Gasteiger partial charge on any atom is 0.126 e. The maximum absolute atomic E-state index is 6.07. The Morgan fingerprint density at radius 2 is 1.06 bits per heavy atom. The Bertz CT molecular complexity index is 397. The smallest absolute Gasteiger partial charge is 0.126 e. The Morgan fingerprint density at radius 1 is 0.706 bits per heavy atom. The zero-order valence-electron chi connectivity index (χ0n) is 12.3. The predicted octanol–water partition coefficient (Wildman–Crippen LogP) is 4.11. The van der Waals surface area contributed by atoms with Crippen molar-refractivity contribution < 1.29 is 9.47 Å². The van der Waals surface area contributed by atoms with Crippen LogP contribution in [0.5, 0.6) is 11.5 Å². The van der Waals surface area contributed by atoms with Crippen molar-refractivity contribution in [3.05, 3.63) is 22.3 Å². The van der Waals surface area contributed by atoms with E-state index >= 15 is 0 Å². The molecule has 1 aromatic carbocycles. The van der Waals surface area contributed by atoms with Gasteiger partial charge >= 0.3 is 0 Å². The molecule has 0 aliphatic rings. The van der Waals surface area contributed by atoms with E-state index in [4.69, 9.17) is 9.47 Å². The third-order valence-electron chi connectivity index (χ3n) is 3.10. The van der Waals surface area contributed by atoms with Crippen molar-refractivity contribution >= 4 is 0 Å². The van der Waals surface area contributed by atoms with Gasteiger partial charge in [-0.25, -0.2) is 0 Å². The summed E-state index contributed by atoms with van der Waals surface area (Å²) in [5.74, 6) is 1.97. The van der Waals surface area contributed by atoms with E-state index in [1.54, 1.807) is 7.11 Å². The first-order valence-corrected chi connectivity index (χ1v) is 6.02. The number of ether oxygens (including phenoxy) is 2. The second-order valence-corrected chi connectivity index (χ2v) is 5.58. The van der Waals surface area contributed by atoms with E-state index in [-0.39, 0.29) is 5.60 Å². The Labute approximate surface area is 105 Å². The summed E-state index contributed by atoms with van der Waals surface area (Å²) in [7, 11) is 1.72. The van der Waals surface area contributed by atoms with Crippen LogP contribution in [0.15, 0.2) is 0 Å². The molecule has 0 saturated heterocycles. The molecule has 0 amide bonds. The highest BCUT2D eigenvalue weighted by atomic mass is 16.5. The van der Waals surface area contributed by atoms with Crippen LogP contribution in [0.4, 0.5) is 0 Å². The molecule has 0 fully saturated rings. The molecule has 1 rings (SSSR count). The van der Waals surface area contributed by atoms with Crippen LogP contribution in [0.3, 0.4) is 0 Å². The first-order chi connectivity index (χ1) is 7.69. The van der Waals surface area contributed by atoms with Gasteiger partial charge in [0, 0.05) is 0 Å². The van der Waals surface area contributed by atoms with Crippen molar-refractivity contribution in [2.24, 2.45) is 0 Å². The molecule has 2 heteroatoms. The number of benzene rings is 1. The Kier molecular flexibility index (Phi) is 3.75. The van der Waals surface area contributed by atoms with Gasteiger partial charge in [0.25, 0.3) is 0 Å². The molecule has 0 atom stereocenters. The maximum atomic E-state index is 6.07. The summed E-state index contributed by atoms with van der Waals surface area (Å²) in [6, 6.07) is 0. The van der Waals surface area contributed by atoms with E-state index in [1.165, 1.54) is 11.1 Å². The van der Waals surface area contributed by atoms with Gasteiger partial charge in [0.15, 0.2) is 0 Å². The van der Waals surface area contributed by atoms with Gasteiger partial charge in [-0.3, -0.25) is 0 Å². The lowest BCUT2D eigenvalue weighted by Crippen LogP contribution is -2.24. The molecule has 0 N–H and O–H groups in total. The van der Waals surface area contributed by atoms with Crippen LogP contribution in [0.2, 0.25) is 0 Å². The van der Waals surface area contributed by atoms with Gasteiger partial charge in [-0.05, 0) is 70.7 Å². The van der Waals surface area contributed by atoms with Gasteiger partial charge in [-0.1, -0.05) is 0 Å². The first kappa shape index (κ1) is 13.9. The normalized spacial score (nSPS) is 11.5. The largest absolute Gasteiger partial charge is 0.496 e. The Hall–Kier alpha value is -1.18. The third kappa shape index (κ3) is 2.74. The standard InChI is InChI=1S/C15H24O2/c1-9-11(3)14(17-15(5,6)7)12(4)10(2)13(9)16-8/h1-8H3. The van der Waals surface area contributed by atoms with Crippen molar-refractivity contribution in [3.8, 4) is 11.5 Å². The number of hydrogen-bond donors (Lipinski definition) is 0. The Morgan fingerprint density at radius 3 is 1.35 bits per heavy atom. The summed E-state index contributed by atoms with van der Waals surface area (Å²) in [6.07, 6.45) is 0. The van der Waals surface area contributed by atoms with Crippen molar-refractivity contribution in [3.63, 3.8) is 0 Å². The molecule has 0 aliphatic heterocycles. The molecule has 96 valence electrons. The molecule has 0 bridgehead atoms. The second-order valence-electron chi connectivity index (χ2n) is 5.58. The van der Waals surface area contributed by atoms with Gasteiger partial charge in [0.1, 0.15) is 17.1 Å². The number of methoxy groups -OCH3 is 1. The highest BCUT2D eigenvalue weighted by Crippen LogP contribution is 2.38. The Balaban J connectivity index is 3.43. The van der Waals surface area contributed by atoms with Crippen molar-refractivity contribution in [1.82, 2.24) is 0 Å². The summed E-state index contributed by atoms with van der Waals surface area (Å²) in [6.45, 7) is 14.5. The van der Waals surface area contributed by atoms with Crippen LogP contribution < -0.4 is 9.47 Å². The zero-order chi connectivity index (χ0) is 13.4. The summed E-state index contributed by atoms with van der Waals surface area (Å²) in [5, 5.41) is 0. The van der Waals surface area contributed by atoms with Gasteiger partial charge in [0.2, 0.25) is 0 Å². The molecular formula is C15H24O2. The summed E-state index contributed by atoms with van der Waals surface area (Å²) in [4.78, 5) is 0. The van der Waals surface area contributed by atoms with Crippen molar-refractivity contribution in [2.45, 2.75) is 54.1 Å². The average molecular weight is 236 g/mol. The van der Waals surface area contributed by atoms with Gasteiger partial charge in [-0.2, -0.15) is 0 Å². The highest BCUT2D eigenvalue weighted by Gasteiger charge is 2.20. The lowest BCUT2D eigenvalue weighted by molar-refractivity contribution is 0.128. The van der Waals surface area contributed by atoms with Crippen LogP contribution in [0.1, 0.15) is 43.0 Å². The topological polar surface area (TPSA) is 18.5 Å². The monoisotopic (exact) mass is 236 g/mol. The number of hydrogen-bond acceptors (Lipinski definition) is 2. The van der Waals surface area contributed by atoms with Gasteiger partial charge in [0.05, 0.1) is 7.11 Å². The summed E-state index contributed by atoms with van der Waals surface area (Å²) < 4.78 is 11.5. The first-order valence-electron chi connectivity index (χ1n) is 6.02. The van der Waals surface area contributed by atoms with E-state index in [1.807, 2.05) is 0 Å². The molecule has 0 aromatic heterocycles. The lowest BCUT2D eigenvalue weighted by atomic mass is 9.98. The molecule has 0 unspecified atom stereocenters. The van der Waals surface area contributed by atoms with Gasteiger partial charge in [-0.15, -0.1) is 0 Å². The fourth-order valence-corrected chi connectivity index (χ4v) is 2.01. The van der Waals surface area contributed by atoms with Crippen LogP contribution in [0.25, 0.3) is 0 Å². The minimum Gasteiger partial charge on any atom is -0.496 e. The minimum absolute atomic E-state index is 0.178. The summed E-state index contributed by atoms with van der Waals surface area (Å²) >= 11 is 0. The van der Waals surface area contributed by atoms with E-state index in [2.05, 4.69) is 48.5 Å². The van der Waals surface area contributed by atoms with E-state index in [0.29, 0.717) is 0 Å². The molecule has 17 heavy (non-hydrogen) atoms. The van der Waals surface area contributed by atoms with E-state index in [0.717, 1.165) is 22.6 Å². The van der Waals surface area contributed by atoms with Crippen LogP contribution >= 0.6 is 0 Å². The second kappa shape index (κ2) is 4.59. The fourth-order valence-electron chi connectivity index (χ4n) is 2.01. The average Bonchev–Trinajstić information content (AvgIpc) is 2.21. The lowest BCUT2D eigenvalue weighted by Gasteiger charge is -2.27. The number of rotatable bonds is 2. The molecule has 0 radical (unpaired) electrons. The third-order valence-corrected chi connectivity index (χ3v) is 3.10.